The molecule has 0 saturated carbocycles. The fraction of sp³-hybridized carbons (Fsp3) is 0.769. The van der Waals surface area contributed by atoms with E-state index in [1.54, 1.807) is 0 Å². The minimum Gasteiger partial charge on any atom is -0.460 e. The highest BCUT2D eigenvalue weighted by molar-refractivity contribution is 5.69. The molecule has 0 saturated heterocycles. The molecule has 102 valence electrons. The lowest BCUT2D eigenvalue weighted by atomic mass is 10.2. The summed E-state index contributed by atoms with van der Waals surface area (Å²) in [4.78, 5) is 16.0. The standard InChI is InChI=1S/C13H23N3O2/c1-6-10-14-11(7-2)16(15-10)9-8-12(17)18-13(3,4)5/h6-9H2,1-5H3. The minimum atomic E-state index is -0.429. The zero-order valence-corrected chi connectivity index (χ0v) is 12.0. The van der Waals surface area contributed by atoms with E-state index in [9.17, 15) is 4.79 Å². The number of aryl methyl sites for hydroxylation is 3. The Morgan fingerprint density at radius 1 is 1.28 bits per heavy atom. The van der Waals surface area contributed by atoms with Gasteiger partial charge in [0.2, 0.25) is 0 Å². The molecule has 0 aliphatic carbocycles. The molecule has 0 N–H and O–H groups in total. The molecule has 0 spiro atoms. The number of esters is 1. The highest BCUT2D eigenvalue weighted by Crippen LogP contribution is 2.09. The lowest BCUT2D eigenvalue weighted by molar-refractivity contribution is -0.155. The number of carbonyl (C=O) groups is 1. The van der Waals surface area contributed by atoms with Gasteiger partial charge in [-0.25, -0.2) is 9.67 Å². The van der Waals surface area contributed by atoms with Crippen molar-refractivity contribution in [3.63, 3.8) is 0 Å². The Morgan fingerprint density at radius 2 is 1.94 bits per heavy atom. The summed E-state index contributed by atoms with van der Waals surface area (Å²) >= 11 is 0. The van der Waals surface area contributed by atoms with Crippen LogP contribution >= 0.6 is 0 Å². The third kappa shape index (κ3) is 4.47. The summed E-state index contributed by atoms with van der Waals surface area (Å²) in [5.74, 6) is 1.56. The predicted octanol–water partition coefficient (Wildman–Crippen LogP) is 2.13. The van der Waals surface area contributed by atoms with Crippen LogP contribution in [0.1, 0.15) is 52.7 Å². The van der Waals surface area contributed by atoms with Crippen LogP contribution in [0.25, 0.3) is 0 Å². The lowest BCUT2D eigenvalue weighted by Gasteiger charge is -2.19. The second kappa shape index (κ2) is 5.98. The van der Waals surface area contributed by atoms with Gasteiger partial charge in [0.05, 0.1) is 13.0 Å². The molecule has 0 aliphatic rings. The van der Waals surface area contributed by atoms with Crippen molar-refractivity contribution in [2.45, 2.75) is 66.0 Å². The van der Waals surface area contributed by atoms with Gasteiger partial charge in [-0.2, -0.15) is 5.10 Å². The Hall–Kier alpha value is -1.39. The smallest absolute Gasteiger partial charge is 0.308 e. The highest BCUT2D eigenvalue weighted by atomic mass is 16.6. The van der Waals surface area contributed by atoms with Crippen molar-refractivity contribution in [3.05, 3.63) is 11.6 Å². The normalized spacial score (nSPS) is 11.6. The van der Waals surface area contributed by atoms with Crippen molar-refractivity contribution in [1.82, 2.24) is 14.8 Å². The first-order valence-electron chi connectivity index (χ1n) is 6.50. The molecule has 0 amide bonds. The van der Waals surface area contributed by atoms with Crippen molar-refractivity contribution in [2.75, 3.05) is 0 Å². The molecule has 1 aromatic rings. The van der Waals surface area contributed by atoms with Crippen molar-refractivity contribution in [2.24, 2.45) is 0 Å². The van der Waals surface area contributed by atoms with Gasteiger partial charge in [0.25, 0.3) is 0 Å². The van der Waals surface area contributed by atoms with E-state index in [1.165, 1.54) is 0 Å². The third-order valence-electron chi connectivity index (χ3n) is 2.37. The summed E-state index contributed by atoms with van der Waals surface area (Å²) in [6, 6.07) is 0. The number of nitrogens with zero attached hydrogens (tertiary/aromatic N) is 3. The first-order valence-corrected chi connectivity index (χ1v) is 6.50. The van der Waals surface area contributed by atoms with Crippen LogP contribution in [-0.2, 0) is 28.9 Å². The Labute approximate surface area is 109 Å². The largest absolute Gasteiger partial charge is 0.460 e. The first-order chi connectivity index (χ1) is 8.35. The second-order valence-corrected chi connectivity index (χ2v) is 5.21. The van der Waals surface area contributed by atoms with Crippen molar-refractivity contribution in [1.29, 1.82) is 0 Å². The van der Waals surface area contributed by atoms with Gasteiger partial charge in [-0.3, -0.25) is 4.79 Å². The van der Waals surface area contributed by atoms with Crippen LogP contribution < -0.4 is 0 Å². The van der Waals surface area contributed by atoms with E-state index in [0.29, 0.717) is 13.0 Å². The van der Waals surface area contributed by atoms with Gasteiger partial charge in [0, 0.05) is 12.8 Å². The zero-order chi connectivity index (χ0) is 13.8. The Morgan fingerprint density at radius 3 is 2.44 bits per heavy atom. The summed E-state index contributed by atoms with van der Waals surface area (Å²) in [7, 11) is 0. The molecule has 0 atom stereocenters. The molecule has 18 heavy (non-hydrogen) atoms. The van der Waals surface area contributed by atoms with Gasteiger partial charge >= 0.3 is 5.97 Å². The number of rotatable bonds is 5. The third-order valence-corrected chi connectivity index (χ3v) is 2.37. The average molecular weight is 253 g/mol. The van der Waals surface area contributed by atoms with Crippen LogP contribution in [0.4, 0.5) is 0 Å². The fourth-order valence-corrected chi connectivity index (χ4v) is 1.61. The van der Waals surface area contributed by atoms with Crippen LogP contribution in [0.15, 0.2) is 0 Å². The monoisotopic (exact) mass is 253 g/mol. The number of carbonyl (C=O) groups excluding carboxylic acids is 1. The predicted molar refractivity (Wildman–Crippen MR) is 69.2 cm³/mol. The minimum absolute atomic E-state index is 0.196. The summed E-state index contributed by atoms with van der Waals surface area (Å²) in [5, 5.41) is 4.37. The molecule has 5 heteroatoms. The second-order valence-electron chi connectivity index (χ2n) is 5.21. The van der Waals surface area contributed by atoms with E-state index in [1.807, 2.05) is 39.3 Å². The molecule has 5 nitrogen and oxygen atoms in total. The zero-order valence-electron chi connectivity index (χ0n) is 12.0. The van der Waals surface area contributed by atoms with Crippen LogP contribution in [-0.4, -0.2) is 26.3 Å². The molecule has 1 rings (SSSR count). The summed E-state index contributed by atoms with van der Waals surface area (Å²) in [6.45, 7) is 10.2. The van der Waals surface area contributed by atoms with E-state index in [4.69, 9.17) is 4.74 Å². The van der Waals surface area contributed by atoms with Crippen molar-refractivity contribution < 1.29 is 9.53 Å². The average Bonchev–Trinajstić information content (AvgIpc) is 2.66. The first kappa shape index (κ1) is 14.7. The van der Waals surface area contributed by atoms with Gasteiger partial charge in [0.1, 0.15) is 11.4 Å². The maximum Gasteiger partial charge on any atom is 0.308 e. The molecular formula is C13H23N3O2. The molecule has 0 fully saturated rings. The van der Waals surface area contributed by atoms with Crippen LogP contribution in [0.3, 0.4) is 0 Å². The van der Waals surface area contributed by atoms with E-state index >= 15 is 0 Å². The topological polar surface area (TPSA) is 57.0 Å². The van der Waals surface area contributed by atoms with Gasteiger partial charge < -0.3 is 4.74 Å². The molecule has 0 aliphatic heterocycles. The lowest BCUT2D eigenvalue weighted by Crippen LogP contribution is -2.24. The molecule has 0 radical (unpaired) electrons. The van der Waals surface area contributed by atoms with E-state index in [0.717, 1.165) is 24.5 Å². The molecule has 1 heterocycles. The van der Waals surface area contributed by atoms with Gasteiger partial charge in [-0.1, -0.05) is 13.8 Å². The maximum atomic E-state index is 11.6. The number of hydrogen-bond acceptors (Lipinski definition) is 4. The SMILES string of the molecule is CCc1nc(CC)n(CCC(=O)OC(C)(C)C)n1. The molecule has 1 aromatic heterocycles. The summed E-state index contributed by atoms with van der Waals surface area (Å²) in [5.41, 5.74) is -0.429. The molecular weight excluding hydrogens is 230 g/mol. The van der Waals surface area contributed by atoms with E-state index < -0.39 is 5.60 Å². The van der Waals surface area contributed by atoms with Gasteiger partial charge in [-0.05, 0) is 20.8 Å². The summed E-state index contributed by atoms with van der Waals surface area (Å²) < 4.78 is 7.07. The number of ether oxygens (including phenoxy) is 1. The van der Waals surface area contributed by atoms with Crippen LogP contribution in [0.2, 0.25) is 0 Å². The fourth-order valence-electron chi connectivity index (χ4n) is 1.61. The van der Waals surface area contributed by atoms with Crippen LogP contribution in [0, 0.1) is 0 Å². The van der Waals surface area contributed by atoms with E-state index in [2.05, 4.69) is 10.1 Å². The van der Waals surface area contributed by atoms with E-state index in [-0.39, 0.29) is 5.97 Å². The van der Waals surface area contributed by atoms with Crippen LogP contribution in [0.5, 0.6) is 0 Å². The molecule has 0 aromatic carbocycles. The Balaban J connectivity index is 2.57. The summed E-state index contributed by atoms with van der Waals surface area (Å²) in [6.07, 6.45) is 1.96. The van der Waals surface area contributed by atoms with Crippen molar-refractivity contribution >= 4 is 5.97 Å². The molecule has 0 unspecified atom stereocenters. The Kier molecular flexibility index (Phi) is 4.87. The number of aromatic nitrogens is 3. The Bertz CT molecular complexity index is 405. The van der Waals surface area contributed by atoms with Crippen molar-refractivity contribution in [3.8, 4) is 0 Å². The van der Waals surface area contributed by atoms with Gasteiger partial charge in [0.15, 0.2) is 5.82 Å². The quantitative estimate of drug-likeness (QED) is 0.754. The maximum absolute atomic E-state index is 11.6. The van der Waals surface area contributed by atoms with Gasteiger partial charge in [-0.15, -0.1) is 0 Å². The highest BCUT2D eigenvalue weighted by Gasteiger charge is 2.17. The molecule has 0 bridgehead atoms. The number of hydrogen-bond donors (Lipinski definition) is 0.